The minimum absolute atomic E-state index is 0.111. The molecule has 5 rings (SSSR count). The van der Waals surface area contributed by atoms with Gasteiger partial charge in [-0.05, 0) is 30.3 Å². The number of nitrogens with zero attached hydrogens (tertiary/aromatic N) is 5. The maximum absolute atomic E-state index is 12.9. The van der Waals surface area contributed by atoms with Crippen molar-refractivity contribution in [2.75, 3.05) is 11.9 Å². The van der Waals surface area contributed by atoms with Crippen LogP contribution in [0.5, 0.6) is 0 Å². The molecule has 3 heterocycles. The van der Waals surface area contributed by atoms with Crippen LogP contribution in [0.1, 0.15) is 27.5 Å². The van der Waals surface area contributed by atoms with Crippen molar-refractivity contribution in [3.63, 3.8) is 0 Å². The zero-order valence-corrected chi connectivity index (χ0v) is 19.8. The van der Waals surface area contributed by atoms with E-state index in [1.807, 2.05) is 6.07 Å². The van der Waals surface area contributed by atoms with Gasteiger partial charge < -0.3 is 20.4 Å². The van der Waals surface area contributed by atoms with Crippen LogP contribution in [0.4, 0.5) is 10.5 Å². The second-order valence-electron chi connectivity index (χ2n) is 7.96. The number of oxazole rings is 1. The van der Waals surface area contributed by atoms with Crippen molar-refractivity contribution in [1.29, 1.82) is 5.26 Å². The number of carbonyl (C=O) groups is 2. The first-order chi connectivity index (χ1) is 16.7. The van der Waals surface area contributed by atoms with Crippen LogP contribution in [0.25, 0.3) is 22.4 Å². The summed E-state index contributed by atoms with van der Waals surface area (Å²) in [6, 6.07) is 9.58. The van der Waals surface area contributed by atoms with Crippen LogP contribution in [-0.4, -0.2) is 38.1 Å². The molecular weight excluding hydrogens is 493 g/mol. The number of hydrogen-bond donors (Lipinski definition) is 2. The lowest BCUT2D eigenvalue weighted by molar-refractivity contribution is 0.0997. The number of aryl methyl sites for hydroxylation is 1. The standard InChI is InChI=1S/C23H17Cl2N7O3/c1-11-28-17-7-13(6-16(25)21(17)35-11)20-19(22(27)33)18-10-31(4-5-32(18)30-20)23(34)29-14-3-2-12(9-26)15(24)8-14/h2-3,6-8H,4-5,10H2,1H3,(H2,27,33)(H,29,34). The molecule has 35 heavy (non-hydrogen) atoms. The molecule has 0 atom stereocenters. The highest BCUT2D eigenvalue weighted by atomic mass is 35.5. The van der Waals surface area contributed by atoms with E-state index in [0.29, 0.717) is 63.3 Å². The average Bonchev–Trinajstić information content (AvgIpc) is 3.39. The fourth-order valence-electron chi connectivity index (χ4n) is 4.08. The molecule has 0 bridgehead atoms. The van der Waals surface area contributed by atoms with Gasteiger partial charge in [0.2, 0.25) is 0 Å². The third-order valence-electron chi connectivity index (χ3n) is 5.68. The van der Waals surface area contributed by atoms with Crippen molar-refractivity contribution in [3.8, 4) is 17.3 Å². The molecule has 0 saturated heterocycles. The number of hydrogen-bond acceptors (Lipinski definition) is 6. The van der Waals surface area contributed by atoms with Gasteiger partial charge >= 0.3 is 6.03 Å². The largest absolute Gasteiger partial charge is 0.439 e. The van der Waals surface area contributed by atoms with Gasteiger partial charge in [-0.3, -0.25) is 9.48 Å². The molecule has 0 aliphatic carbocycles. The number of urea groups is 1. The van der Waals surface area contributed by atoms with E-state index >= 15 is 0 Å². The highest BCUT2D eigenvalue weighted by Gasteiger charge is 2.30. The topological polar surface area (TPSA) is 143 Å². The molecule has 0 saturated carbocycles. The van der Waals surface area contributed by atoms with E-state index in [2.05, 4.69) is 15.4 Å². The third kappa shape index (κ3) is 4.05. The minimum atomic E-state index is -0.671. The molecule has 3 amide bonds. The first-order valence-electron chi connectivity index (χ1n) is 10.5. The highest BCUT2D eigenvalue weighted by Crippen LogP contribution is 2.34. The number of rotatable bonds is 3. The van der Waals surface area contributed by atoms with Crippen molar-refractivity contribution in [2.24, 2.45) is 5.73 Å². The fourth-order valence-corrected chi connectivity index (χ4v) is 4.55. The maximum Gasteiger partial charge on any atom is 0.322 e. The Kier molecular flexibility index (Phi) is 5.59. The molecule has 4 aromatic rings. The molecule has 12 heteroatoms. The molecule has 2 aromatic carbocycles. The molecule has 2 aromatic heterocycles. The number of nitrogens with two attached hydrogens (primary N) is 1. The average molecular weight is 510 g/mol. The quantitative estimate of drug-likeness (QED) is 0.420. The number of benzene rings is 2. The summed E-state index contributed by atoms with van der Waals surface area (Å²) in [6.45, 7) is 2.53. The lowest BCUT2D eigenvalue weighted by Gasteiger charge is -2.28. The molecule has 0 fully saturated rings. The Morgan fingerprint density at radius 1 is 1.20 bits per heavy atom. The van der Waals surface area contributed by atoms with E-state index < -0.39 is 11.9 Å². The van der Waals surface area contributed by atoms with Gasteiger partial charge in [0.25, 0.3) is 5.91 Å². The molecule has 1 aliphatic heterocycles. The van der Waals surface area contributed by atoms with Crippen molar-refractivity contribution in [2.45, 2.75) is 20.0 Å². The molecule has 0 unspecified atom stereocenters. The summed E-state index contributed by atoms with van der Waals surface area (Å²) in [6.07, 6.45) is 0. The Morgan fingerprint density at radius 2 is 2.00 bits per heavy atom. The summed E-state index contributed by atoms with van der Waals surface area (Å²) in [7, 11) is 0. The van der Waals surface area contributed by atoms with Gasteiger partial charge in [-0.1, -0.05) is 23.2 Å². The number of fused-ring (bicyclic) bond motifs is 2. The summed E-state index contributed by atoms with van der Waals surface area (Å²) in [5.41, 5.74) is 9.13. The Hall–Kier alpha value is -4.07. The molecule has 1 aliphatic rings. The molecule has 176 valence electrons. The minimum Gasteiger partial charge on any atom is -0.439 e. The van der Waals surface area contributed by atoms with Crippen molar-refractivity contribution >= 4 is 51.9 Å². The number of nitriles is 1. The third-order valence-corrected chi connectivity index (χ3v) is 6.27. The summed E-state index contributed by atoms with van der Waals surface area (Å²) in [5, 5.41) is 17.0. The second-order valence-corrected chi connectivity index (χ2v) is 8.77. The number of nitrogens with one attached hydrogen (secondary N) is 1. The Balaban J connectivity index is 1.46. The van der Waals surface area contributed by atoms with Gasteiger partial charge in [0, 0.05) is 24.7 Å². The van der Waals surface area contributed by atoms with Crippen LogP contribution in [0, 0.1) is 18.3 Å². The zero-order valence-electron chi connectivity index (χ0n) is 18.3. The van der Waals surface area contributed by atoms with Gasteiger partial charge in [-0.2, -0.15) is 10.4 Å². The van der Waals surface area contributed by atoms with E-state index in [9.17, 15) is 9.59 Å². The predicted octanol–water partition coefficient (Wildman–Crippen LogP) is 4.32. The van der Waals surface area contributed by atoms with Crippen molar-refractivity contribution in [3.05, 3.63) is 63.1 Å². The van der Waals surface area contributed by atoms with Crippen LogP contribution < -0.4 is 11.1 Å². The second kappa shape index (κ2) is 8.61. The number of primary amides is 1. The van der Waals surface area contributed by atoms with Crippen LogP contribution in [-0.2, 0) is 13.1 Å². The zero-order chi connectivity index (χ0) is 24.9. The molecule has 0 radical (unpaired) electrons. The highest BCUT2D eigenvalue weighted by molar-refractivity contribution is 6.35. The van der Waals surface area contributed by atoms with Crippen LogP contribution >= 0.6 is 23.2 Å². The lowest BCUT2D eigenvalue weighted by atomic mass is 10.0. The first kappa shape index (κ1) is 22.7. The monoisotopic (exact) mass is 509 g/mol. The Morgan fingerprint density at radius 3 is 2.71 bits per heavy atom. The number of aromatic nitrogens is 3. The number of halogens is 2. The summed E-state index contributed by atoms with van der Waals surface area (Å²) < 4.78 is 7.19. The normalized spacial score (nSPS) is 12.9. The van der Waals surface area contributed by atoms with E-state index in [4.69, 9.17) is 38.6 Å². The Labute approximate surface area is 208 Å². The van der Waals surface area contributed by atoms with E-state index in [1.165, 1.54) is 17.0 Å². The number of amides is 3. The summed E-state index contributed by atoms with van der Waals surface area (Å²) in [5.74, 6) is -0.210. The van der Waals surface area contributed by atoms with Crippen LogP contribution in [0.2, 0.25) is 10.0 Å². The first-order valence-corrected chi connectivity index (χ1v) is 11.2. The van der Waals surface area contributed by atoms with Gasteiger partial charge in [0.05, 0.1) is 40.0 Å². The van der Waals surface area contributed by atoms with Gasteiger partial charge in [-0.15, -0.1) is 0 Å². The Bertz CT molecular complexity index is 1570. The van der Waals surface area contributed by atoms with E-state index in [-0.39, 0.29) is 17.1 Å². The predicted molar refractivity (Wildman–Crippen MR) is 129 cm³/mol. The molecule has 3 N–H and O–H groups in total. The maximum atomic E-state index is 12.9. The molecule has 0 spiro atoms. The fraction of sp³-hybridized carbons (Fsp3) is 0.174. The molecule has 10 nitrogen and oxygen atoms in total. The van der Waals surface area contributed by atoms with Gasteiger partial charge in [-0.25, -0.2) is 9.78 Å². The summed E-state index contributed by atoms with van der Waals surface area (Å²) in [4.78, 5) is 31.3. The van der Waals surface area contributed by atoms with E-state index in [0.717, 1.165) is 0 Å². The van der Waals surface area contributed by atoms with Crippen molar-refractivity contribution < 1.29 is 14.0 Å². The van der Waals surface area contributed by atoms with Crippen LogP contribution in [0.3, 0.4) is 0 Å². The number of anilines is 1. The molecular formula is C23H17Cl2N7O3. The van der Waals surface area contributed by atoms with Gasteiger partial charge in [0.1, 0.15) is 17.3 Å². The van der Waals surface area contributed by atoms with Crippen molar-refractivity contribution in [1.82, 2.24) is 19.7 Å². The van der Waals surface area contributed by atoms with Crippen LogP contribution in [0.15, 0.2) is 34.7 Å². The van der Waals surface area contributed by atoms with Gasteiger partial charge in [0.15, 0.2) is 11.5 Å². The van der Waals surface area contributed by atoms with E-state index in [1.54, 1.807) is 29.8 Å². The smallest absolute Gasteiger partial charge is 0.322 e. The summed E-state index contributed by atoms with van der Waals surface area (Å²) >= 11 is 12.4. The lowest BCUT2D eigenvalue weighted by Crippen LogP contribution is -2.41. The number of carbonyl (C=O) groups excluding carboxylic acids is 2. The SMILES string of the molecule is Cc1nc2cc(-c3nn4c(c3C(N)=O)CN(C(=O)Nc3ccc(C#N)c(Cl)c3)CC4)cc(Cl)c2o1.